The number of nitrogens with one attached hydrogen (secondary N) is 2. The van der Waals surface area contributed by atoms with Gasteiger partial charge >= 0.3 is 0 Å². The van der Waals surface area contributed by atoms with E-state index in [2.05, 4.69) is 20.9 Å². The second-order valence-corrected chi connectivity index (χ2v) is 6.85. The molecular weight excluding hydrogens is 330 g/mol. The van der Waals surface area contributed by atoms with Gasteiger partial charge in [0.1, 0.15) is 11.3 Å². The summed E-state index contributed by atoms with van der Waals surface area (Å²) in [4.78, 5) is 12.6. The number of rotatable bonds is 4. The van der Waals surface area contributed by atoms with Crippen LogP contribution in [0.3, 0.4) is 0 Å². The number of carbonyl (C=O) groups excluding carboxylic acids is 1. The van der Waals surface area contributed by atoms with Crippen LogP contribution in [0.5, 0.6) is 0 Å². The molecule has 1 aromatic carbocycles. The van der Waals surface area contributed by atoms with Crippen LogP contribution in [0.2, 0.25) is 0 Å². The average molecular weight is 353 g/mol. The maximum atomic E-state index is 12.6. The van der Waals surface area contributed by atoms with Crippen LogP contribution < -0.4 is 10.6 Å². The van der Waals surface area contributed by atoms with Gasteiger partial charge in [-0.1, -0.05) is 23.4 Å². The third-order valence-corrected chi connectivity index (χ3v) is 5.05. The Labute approximate surface area is 151 Å². The zero-order valence-electron chi connectivity index (χ0n) is 15.0. The quantitative estimate of drug-likeness (QED) is 0.753. The van der Waals surface area contributed by atoms with Gasteiger partial charge in [-0.2, -0.15) is 0 Å². The second kappa shape index (κ2) is 6.92. The fourth-order valence-corrected chi connectivity index (χ4v) is 3.57. The Bertz CT molecular complexity index is 923. The van der Waals surface area contributed by atoms with Crippen molar-refractivity contribution in [1.29, 1.82) is 0 Å². The van der Waals surface area contributed by atoms with E-state index >= 15 is 0 Å². The van der Waals surface area contributed by atoms with E-state index in [1.54, 1.807) is 6.20 Å². The SMILES string of the molecule is Cc1c(C(C)NC(=O)c2cn(C3CCNCC3)nn2)oc2ccccc12. The van der Waals surface area contributed by atoms with Crippen molar-refractivity contribution < 1.29 is 9.21 Å². The van der Waals surface area contributed by atoms with Gasteiger partial charge in [-0.05, 0) is 45.8 Å². The molecule has 1 aliphatic rings. The predicted molar refractivity (Wildman–Crippen MR) is 98.0 cm³/mol. The highest BCUT2D eigenvalue weighted by atomic mass is 16.3. The molecule has 136 valence electrons. The van der Waals surface area contributed by atoms with Crippen LogP contribution in [0.4, 0.5) is 0 Å². The minimum Gasteiger partial charge on any atom is -0.459 e. The van der Waals surface area contributed by atoms with Crippen molar-refractivity contribution in [1.82, 2.24) is 25.6 Å². The number of hydrogen-bond acceptors (Lipinski definition) is 5. The number of fused-ring (bicyclic) bond motifs is 1. The molecule has 1 unspecified atom stereocenters. The van der Waals surface area contributed by atoms with Crippen LogP contribution in [0.25, 0.3) is 11.0 Å². The highest BCUT2D eigenvalue weighted by molar-refractivity contribution is 5.92. The summed E-state index contributed by atoms with van der Waals surface area (Å²) in [6.07, 6.45) is 3.74. The molecule has 1 aliphatic heterocycles. The van der Waals surface area contributed by atoms with Crippen molar-refractivity contribution in [2.24, 2.45) is 0 Å². The number of aryl methyl sites for hydroxylation is 1. The van der Waals surface area contributed by atoms with Gasteiger partial charge in [0.2, 0.25) is 0 Å². The lowest BCUT2D eigenvalue weighted by Gasteiger charge is -2.22. The Balaban J connectivity index is 1.48. The van der Waals surface area contributed by atoms with E-state index in [9.17, 15) is 4.79 Å². The van der Waals surface area contributed by atoms with E-state index in [0.717, 1.165) is 48.2 Å². The Kier molecular flexibility index (Phi) is 4.46. The molecule has 7 nitrogen and oxygen atoms in total. The van der Waals surface area contributed by atoms with Crippen molar-refractivity contribution in [3.63, 3.8) is 0 Å². The summed E-state index contributed by atoms with van der Waals surface area (Å²) in [5, 5.41) is 15.6. The molecule has 1 saturated heterocycles. The van der Waals surface area contributed by atoms with Crippen molar-refractivity contribution >= 4 is 16.9 Å². The number of carbonyl (C=O) groups is 1. The molecule has 2 aromatic heterocycles. The molecule has 3 heterocycles. The molecule has 0 bridgehead atoms. The van der Waals surface area contributed by atoms with E-state index in [-0.39, 0.29) is 11.9 Å². The third-order valence-electron chi connectivity index (χ3n) is 5.05. The smallest absolute Gasteiger partial charge is 0.274 e. The van der Waals surface area contributed by atoms with Gasteiger partial charge in [0.15, 0.2) is 5.69 Å². The molecule has 1 amide bonds. The first-order valence-electron chi connectivity index (χ1n) is 9.05. The lowest BCUT2D eigenvalue weighted by molar-refractivity contribution is 0.0930. The summed E-state index contributed by atoms with van der Waals surface area (Å²) < 4.78 is 7.75. The van der Waals surface area contributed by atoms with E-state index in [4.69, 9.17) is 4.42 Å². The van der Waals surface area contributed by atoms with E-state index in [0.29, 0.717) is 11.7 Å². The maximum Gasteiger partial charge on any atom is 0.274 e. The maximum absolute atomic E-state index is 12.6. The second-order valence-electron chi connectivity index (χ2n) is 6.85. The average Bonchev–Trinajstić information content (AvgIpc) is 3.28. The van der Waals surface area contributed by atoms with Crippen LogP contribution in [0.1, 0.15) is 53.7 Å². The minimum atomic E-state index is -0.251. The van der Waals surface area contributed by atoms with Crippen molar-refractivity contribution in [2.75, 3.05) is 13.1 Å². The largest absolute Gasteiger partial charge is 0.459 e. The summed E-state index contributed by atoms with van der Waals surface area (Å²) in [5.41, 5.74) is 2.22. The normalized spacial score (nSPS) is 16.7. The third kappa shape index (κ3) is 3.10. The zero-order valence-corrected chi connectivity index (χ0v) is 15.0. The number of hydrogen-bond donors (Lipinski definition) is 2. The van der Waals surface area contributed by atoms with Crippen molar-refractivity contribution in [3.8, 4) is 0 Å². The first-order chi connectivity index (χ1) is 12.6. The Morgan fingerprint density at radius 3 is 2.88 bits per heavy atom. The number of furan rings is 1. The Morgan fingerprint density at radius 2 is 2.12 bits per heavy atom. The fraction of sp³-hybridized carbons (Fsp3) is 0.421. The zero-order chi connectivity index (χ0) is 18.1. The molecule has 2 N–H and O–H groups in total. The predicted octanol–water partition coefficient (Wildman–Crippen LogP) is 2.75. The molecular formula is C19H23N5O2. The summed E-state index contributed by atoms with van der Waals surface area (Å²) in [6, 6.07) is 7.94. The summed E-state index contributed by atoms with van der Waals surface area (Å²) >= 11 is 0. The first kappa shape index (κ1) is 16.8. The highest BCUT2D eigenvalue weighted by Gasteiger charge is 2.22. The molecule has 3 aromatic rings. The number of para-hydroxylation sites is 1. The standard InChI is InChI=1S/C19H23N5O2/c1-12-15-5-3-4-6-17(15)26-18(12)13(2)21-19(25)16-11-24(23-22-16)14-7-9-20-10-8-14/h3-6,11,13-14,20H,7-10H2,1-2H3,(H,21,25). The number of benzene rings is 1. The lowest BCUT2D eigenvalue weighted by Crippen LogP contribution is -2.29. The molecule has 0 spiro atoms. The van der Waals surface area contributed by atoms with Crippen LogP contribution in [-0.4, -0.2) is 34.0 Å². The fourth-order valence-electron chi connectivity index (χ4n) is 3.57. The first-order valence-corrected chi connectivity index (χ1v) is 9.05. The van der Waals surface area contributed by atoms with E-state index in [1.165, 1.54) is 0 Å². The number of amides is 1. The van der Waals surface area contributed by atoms with Crippen LogP contribution in [0, 0.1) is 6.92 Å². The molecule has 0 radical (unpaired) electrons. The Hall–Kier alpha value is -2.67. The van der Waals surface area contributed by atoms with Crippen LogP contribution in [0.15, 0.2) is 34.9 Å². The number of piperidine rings is 1. The summed E-state index contributed by atoms with van der Waals surface area (Å²) in [5.74, 6) is 0.530. The number of nitrogens with zero attached hydrogens (tertiary/aromatic N) is 3. The van der Waals surface area contributed by atoms with Crippen LogP contribution >= 0.6 is 0 Å². The van der Waals surface area contributed by atoms with E-state index < -0.39 is 0 Å². The molecule has 4 rings (SSSR count). The summed E-state index contributed by atoms with van der Waals surface area (Å²) in [6.45, 7) is 5.86. The summed E-state index contributed by atoms with van der Waals surface area (Å²) in [7, 11) is 0. The minimum absolute atomic E-state index is 0.238. The van der Waals surface area contributed by atoms with Crippen molar-refractivity contribution in [2.45, 2.75) is 38.8 Å². The molecule has 26 heavy (non-hydrogen) atoms. The van der Waals surface area contributed by atoms with Crippen LogP contribution in [-0.2, 0) is 0 Å². The number of aromatic nitrogens is 3. The monoisotopic (exact) mass is 353 g/mol. The molecule has 7 heteroatoms. The van der Waals surface area contributed by atoms with E-state index in [1.807, 2.05) is 42.8 Å². The van der Waals surface area contributed by atoms with Gasteiger partial charge < -0.3 is 15.1 Å². The van der Waals surface area contributed by atoms with Gasteiger partial charge in [-0.15, -0.1) is 5.10 Å². The van der Waals surface area contributed by atoms with Crippen molar-refractivity contribution in [3.05, 3.63) is 47.5 Å². The molecule has 1 atom stereocenters. The van der Waals surface area contributed by atoms with Gasteiger partial charge in [-0.3, -0.25) is 4.79 Å². The lowest BCUT2D eigenvalue weighted by atomic mass is 10.1. The molecule has 0 aliphatic carbocycles. The topological polar surface area (TPSA) is 85.0 Å². The molecule has 1 fully saturated rings. The van der Waals surface area contributed by atoms with Gasteiger partial charge in [-0.25, -0.2) is 4.68 Å². The van der Waals surface area contributed by atoms with Gasteiger partial charge in [0, 0.05) is 10.9 Å². The van der Waals surface area contributed by atoms with Gasteiger partial charge in [0.05, 0.1) is 18.3 Å². The highest BCUT2D eigenvalue weighted by Crippen LogP contribution is 2.29. The molecule has 0 saturated carbocycles. The van der Waals surface area contributed by atoms with Gasteiger partial charge in [0.25, 0.3) is 5.91 Å². The Morgan fingerprint density at radius 1 is 1.35 bits per heavy atom.